The highest BCUT2D eigenvalue weighted by molar-refractivity contribution is 7.14. The monoisotopic (exact) mass is 396 g/mol. The number of benzene rings is 2. The maximum absolute atomic E-state index is 12.4. The van der Waals surface area contributed by atoms with Crippen molar-refractivity contribution in [1.29, 1.82) is 0 Å². The summed E-state index contributed by atoms with van der Waals surface area (Å²) >= 11 is 7.51. The molecule has 0 fully saturated rings. The Morgan fingerprint density at radius 1 is 1.15 bits per heavy atom. The van der Waals surface area contributed by atoms with Crippen molar-refractivity contribution in [3.05, 3.63) is 75.4 Å². The van der Waals surface area contributed by atoms with E-state index in [0.717, 1.165) is 5.56 Å². The van der Waals surface area contributed by atoms with E-state index in [1.54, 1.807) is 30.3 Å². The van der Waals surface area contributed by atoms with Crippen molar-refractivity contribution in [3.8, 4) is 11.3 Å². The molecule has 2 aromatic carbocycles. The van der Waals surface area contributed by atoms with Gasteiger partial charge in [0.25, 0.3) is 0 Å². The van der Waals surface area contributed by atoms with Gasteiger partial charge in [0.15, 0.2) is 5.13 Å². The molecule has 8 heteroatoms. The first-order valence-electron chi connectivity index (χ1n) is 8.07. The van der Waals surface area contributed by atoms with E-state index in [4.69, 9.17) is 11.6 Å². The Morgan fingerprint density at radius 2 is 1.93 bits per heavy atom. The number of carbonyl (C=O) groups is 1. The van der Waals surface area contributed by atoms with Crippen molar-refractivity contribution >= 4 is 44.9 Å². The van der Waals surface area contributed by atoms with Crippen LogP contribution in [-0.4, -0.2) is 20.7 Å². The minimum atomic E-state index is -0.281. The molecule has 0 saturated heterocycles. The van der Waals surface area contributed by atoms with Gasteiger partial charge in [0.1, 0.15) is 6.54 Å². The summed E-state index contributed by atoms with van der Waals surface area (Å²) in [5.41, 5.74) is 1.94. The van der Waals surface area contributed by atoms with Gasteiger partial charge in [-0.05, 0) is 18.2 Å². The number of nitrogens with zero attached hydrogens (tertiary/aromatic N) is 3. The van der Waals surface area contributed by atoms with Crippen LogP contribution in [0.25, 0.3) is 22.2 Å². The number of halogens is 1. The van der Waals surface area contributed by atoms with Gasteiger partial charge in [-0.15, -0.1) is 11.3 Å². The number of nitrogens with one attached hydrogen (secondary N) is 1. The SMILES string of the molecule is O=C(Cn1ncc(=O)c2ccccc21)Nc1nc(-c2ccccc2Cl)cs1. The fourth-order valence-corrected chi connectivity index (χ4v) is 3.66. The van der Waals surface area contributed by atoms with Crippen molar-refractivity contribution < 1.29 is 4.79 Å². The number of hydrogen-bond donors (Lipinski definition) is 1. The van der Waals surface area contributed by atoms with Crippen LogP contribution in [0.5, 0.6) is 0 Å². The van der Waals surface area contributed by atoms with E-state index >= 15 is 0 Å². The third kappa shape index (κ3) is 3.60. The highest BCUT2D eigenvalue weighted by Gasteiger charge is 2.12. The number of aromatic nitrogens is 3. The Kier molecular flexibility index (Phi) is 4.70. The van der Waals surface area contributed by atoms with E-state index in [1.807, 2.05) is 23.6 Å². The fourth-order valence-electron chi connectivity index (χ4n) is 2.71. The second-order valence-electron chi connectivity index (χ2n) is 5.75. The Hall–Kier alpha value is -3.03. The van der Waals surface area contributed by atoms with Crippen LogP contribution in [0.3, 0.4) is 0 Å². The number of rotatable bonds is 4. The van der Waals surface area contributed by atoms with Crippen LogP contribution in [0.2, 0.25) is 5.02 Å². The van der Waals surface area contributed by atoms with Crippen LogP contribution in [0.1, 0.15) is 0 Å². The quantitative estimate of drug-likeness (QED) is 0.569. The molecule has 0 bridgehead atoms. The van der Waals surface area contributed by atoms with Gasteiger partial charge in [-0.1, -0.05) is 41.9 Å². The fraction of sp³-hybridized carbons (Fsp3) is 0.0526. The second-order valence-corrected chi connectivity index (χ2v) is 7.01. The first-order valence-corrected chi connectivity index (χ1v) is 9.33. The predicted octanol–water partition coefficient (Wildman–Crippen LogP) is 3.81. The van der Waals surface area contributed by atoms with Gasteiger partial charge in [0.05, 0.1) is 17.4 Å². The number of hydrogen-bond acceptors (Lipinski definition) is 5. The lowest BCUT2D eigenvalue weighted by Crippen LogP contribution is -2.22. The van der Waals surface area contributed by atoms with Crippen molar-refractivity contribution in [2.45, 2.75) is 6.54 Å². The van der Waals surface area contributed by atoms with Crippen LogP contribution < -0.4 is 10.7 Å². The summed E-state index contributed by atoms with van der Waals surface area (Å²) in [6.07, 6.45) is 1.22. The minimum Gasteiger partial charge on any atom is -0.300 e. The first kappa shape index (κ1) is 17.4. The normalized spacial score (nSPS) is 10.9. The molecule has 4 rings (SSSR count). The van der Waals surface area contributed by atoms with Gasteiger partial charge in [-0.3, -0.25) is 14.3 Å². The highest BCUT2D eigenvalue weighted by Crippen LogP contribution is 2.30. The topological polar surface area (TPSA) is 76.9 Å². The lowest BCUT2D eigenvalue weighted by Gasteiger charge is -2.08. The molecule has 1 N–H and O–H groups in total. The molecule has 134 valence electrons. The number of amides is 1. The van der Waals surface area contributed by atoms with Crippen molar-refractivity contribution in [1.82, 2.24) is 14.8 Å². The van der Waals surface area contributed by atoms with Gasteiger partial charge < -0.3 is 5.32 Å². The van der Waals surface area contributed by atoms with E-state index in [2.05, 4.69) is 15.4 Å². The second kappa shape index (κ2) is 7.30. The number of fused-ring (bicyclic) bond motifs is 1. The molecular weight excluding hydrogens is 384 g/mol. The number of carbonyl (C=O) groups excluding carboxylic acids is 1. The average molecular weight is 397 g/mol. The lowest BCUT2D eigenvalue weighted by molar-refractivity contribution is -0.116. The summed E-state index contributed by atoms with van der Waals surface area (Å²) < 4.78 is 1.49. The van der Waals surface area contributed by atoms with Crippen LogP contribution in [-0.2, 0) is 11.3 Å². The zero-order valence-electron chi connectivity index (χ0n) is 13.9. The summed E-state index contributed by atoms with van der Waals surface area (Å²) in [5, 5.41) is 10.3. The Balaban J connectivity index is 1.54. The average Bonchev–Trinajstić information content (AvgIpc) is 3.13. The summed E-state index contributed by atoms with van der Waals surface area (Å²) in [6.45, 7) is -0.0260. The molecule has 6 nitrogen and oxygen atoms in total. The Bertz CT molecular complexity index is 1200. The van der Waals surface area contributed by atoms with E-state index < -0.39 is 0 Å². The molecule has 2 aromatic heterocycles. The van der Waals surface area contributed by atoms with Gasteiger partial charge >= 0.3 is 0 Å². The lowest BCUT2D eigenvalue weighted by atomic mass is 10.2. The molecule has 0 aliphatic heterocycles. The minimum absolute atomic E-state index is 0.0260. The van der Waals surface area contributed by atoms with Gasteiger partial charge in [0.2, 0.25) is 11.3 Å². The molecule has 27 heavy (non-hydrogen) atoms. The predicted molar refractivity (Wildman–Crippen MR) is 107 cm³/mol. The van der Waals surface area contributed by atoms with E-state index in [-0.39, 0.29) is 17.9 Å². The number of para-hydroxylation sites is 1. The summed E-state index contributed by atoms with van der Waals surface area (Å²) in [4.78, 5) is 28.7. The molecule has 0 saturated carbocycles. The standard InChI is InChI=1S/C19H13ClN4O2S/c20-14-7-3-1-5-12(14)15-11-27-19(22-15)23-18(26)10-24-16-8-4-2-6-13(16)17(25)9-21-24/h1-9,11H,10H2,(H,22,23,26). The molecule has 0 aliphatic carbocycles. The number of anilines is 1. The largest absolute Gasteiger partial charge is 0.300 e. The molecule has 0 radical (unpaired) electrons. The van der Waals surface area contributed by atoms with Crippen molar-refractivity contribution in [2.75, 3.05) is 5.32 Å². The Morgan fingerprint density at radius 3 is 2.78 bits per heavy atom. The maximum atomic E-state index is 12.4. The van der Waals surface area contributed by atoms with Crippen molar-refractivity contribution in [2.24, 2.45) is 0 Å². The summed E-state index contributed by atoms with van der Waals surface area (Å²) in [6, 6.07) is 14.4. The van der Waals surface area contributed by atoms with E-state index in [9.17, 15) is 9.59 Å². The number of thiazole rings is 1. The third-order valence-electron chi connectivity index (χ3n) is 3.96. The zero-order chi connectivity index (χ0) is 18.8. The molecule has 0 atom stereocenters. The maximum Gasteiger partial charge on any atom is 0.247 e. The van der Waals surface area contributed by atoms with Crippen LogP contribution in [0.4, 0.5) is 5.13 Å². The zero-order valence-corrected chi connectivity index (χ0v) is 15.5. The summed E-state index contributed by atoms with van der Waals surface area (Å²) in [7, 11) is 0. The van der Waals surface area contributed by atoms with E-state index in [0.29, 0.717) is 26.8 Å². The third-order valence-corrected chi connectivity index (χ3v) is 5.04. The molecule has 1 amide bonds. The molecular formula is C19H13ClN4O2S. The van der Waals surface area contributed by atoms with Gasteiger partial charge in [-0.25, -0.2) is 4.98 Å². The smallest absolute Gasteiger partial charge is 0.247 e. The van der Waals surface area contributed by atoms with Gasteiger partial charge in [-0.2, -0.15) is 5.10 Å². The first-order chi connectivity index (χ1) is 13.1. The van der Waals surface area contributed by atoms with Gasteiger partial charge in [0, 0.05) is 21.4 Å². The molecule has 0 aliphatic rings. The molecule has 2 heterocycles. The van der Waals surface area contributed by atoms with Crippen LogP contribution in [0, 0.1) is 0 Å². The van der Waals surface area contributed by atoms with Crippen molar-refractivity contribution in [3.63, 3.8) is 0 Å². The van der Waals surface area contributed by atoms with Crippen LogP contribution >= 0.6 is 22.9 Å². The molecule has 0 spiro atoms. The molecule has 4 aromatic rings. The summed E-state index contributed by atoms with van der Waals surface area (Å²) in [5.74, 6) is -0.281. The van der Waals surface area contributed by atoms with E-state index in [1.165, 1.54) is 22.2 Å². The highest BCUT2D eigenvalue weighted by atomic mass is 35.5. The Labute approximate surface area is 163 Å². The molecule has 0 unspecified atom stereocenters. The van der Waals surface area contributed by atoms with Crippen LogP contribution in [0.15, 0.2) is 64.9 Å².